The summed E-state index contributed by atoms with van der Waals surface area (Å²) in [7, 11) is 0. The highest BCUT2D eigenvalue weighted by atomic mass is 79.9. The van der Waals surface area contributed by atoms with Crippen LogP contribution in [-0.4, -0.2) is 5.91 Å². The molecule has 0 fully saturated rings. The third kappa shape index (κ3) is 4.03. The van der Waals surface area contributed by atoms with Gasteiger partial charge in [0.1, 0.15) is 0 Å². The second-order valence-corrected chi connectivity index (χ2v) is 7.90. The maximum atomic E-state index is 12.2. The minimum absolute atomic E-state index is 0. The van der Waals surface area contributed by atoms with E-state index in [4.69, 9.17) is 5.73 Å². The second kappa shape index (κ2) is 7.49. The standard InChI is InChI=1S/C16H17BrN2OS.ClH/c17-15-7-5-12(21-15)9-16(20)19-14-3-1-2-10-8-11(18)4-6-13(10)14;/h4-8,14H,1-3,9,18H2,(H,19,20);1H. The molecule has 0 radical (unpaired) electrons. The van der Waals surface area contributed by atoms with Crippen molar-refractivity contribution >= 4 is 51.3 Å². The SMILES string of the molecule is Cl.Nc1ccc2c(c1)CCCC2NC(=O)Cc1ccc(Br)s1. The van der Waals surface area contributed by atoms with Crippen molar-refractivity contribution in [1.82, 2.24) is 5.32 Å². The largest absolute Gasteiger partial charge is 0.399 e. The Bertz CT molecular complexity index is 674. The van der Waals surface area contributed by atoms with E-state index in [0.29, 0.717) is 6.42 Å². The van der Waals surface area contributed by atoms with Crippen molar-refractivity contribution in [3.05, 3.63) is 50.1 Å². The van der Waals surface area contributed by atoms with E-state index >= 15 is 0 Å². The van der Waals surface area contributed by atoms with E-state index < -0.39 is 0 Å². The number of benzene rings is 1. The average molecular weight is 402 g/mol. The van der Waals surface area contributed by atoms with Crippen molar-refractivity contribution in [3.63, 3.8) is 0 Å². The van der Waals surface area contributed by atoms with Crippen LogP contribution in [0.5, 0.6) is 0 Å². The number of hydrogen-bond donors (Lipinski definition) is 2. The van der Waals surface area contributed by atoms with Gasteiger partial charge in [0, 0.05) is 10.6 Å². The van der Waals surface area contributed by atoms with Crippen LogP contribution in [-0.2, 0) is 17.6 Å². The molecule has 1 aromatic heterocycles. The molecule has 0 saturated heterocycles. The van der Waals surface area contributed by atoms with Gasteiger partial charge in [0.15, 0.2) is 0 Å². The maximum Gasteiger partial charge on any atom is 0.225 e. The number of aryl methyl sites for hydroxylation is 1. The molecular formula is C16H18BrClN2OS. The Morgan fingerprint density at radius 2 is 2.18 bits per heavy atom. The zero-order chi connectivity index (χ0) is 14.8. The van der Waals surface area contributed by atoms with Gasteiger partial charge in [-0.05, 0) is 70.6 Å². The fourth-order valence-corrected chi connectivity index (χ4v) is 4.32. The molecular weight excluding hydrogens is 384 g/mol. The number of nitrogens with two attached hydrogens (primary N) is 1. The van der Waals surface area contributed by atoms with Gasteiger partial charge in [-0.25, -0.2) is 0 Å². The summed E-state index contributed by atoms with van der Waals surface area (Å²) in [5, 5.41) is 3.16. The third-order valence-electron chi connectivity index (χ3n) is 3.78. The first-order valence-corrected chi connectivity index (χ1v) is 8.64. The Kier molecular flexibility index (Phi) is 5.89. The van der Waals surface area contributed by atoms with Crippen molar-refractivity contribution in [2.45, 2.75) is 31.7 Å². The Labute approximate surface area is 148 Å². The number of rotatable bonds is 3. The number of nitrogen functional groups attached to an aromatic ring is 1. The van der Waals surface area contributed by atoms with Gasteiger partial charge in [-0.3, -0.25) is 4.79 Å². The summed E-state index contributed by atoms with van der Waals surface area (Å²) in [4.78, 5) is 13.3. The Morgan fingerprint density at radius 3 is 2.91 bits per heavy atom. The van der Waals surface area contributed by atoms with Gasteiger partial charge in [-0.1, -0.05) is 6.07 Å². The van der Waals surface area contributed by atoms with Crippen molar-refractivity contribution in [3.8, 4) is 0 Å². The maximum absolute atomic E-state index is 12.2. The predicted molar refractivity (Wildman–Crippen MR) is 97.6 cm³/mol. The molecule has 3 nitrogen and oxygen atoms in total. The number of thiophene rings is 1. The lowest BCUT2D eigenvalue weighted by Gasteiger charge is -2.26. The van der Waals surface area contributed by atoms with E-state index in [9.17, 15) is 4.79 Å². The third-order valence-corrected chi connectivity index (χ3v) is 5.40. The molecule has 1 atom stereocenters. The molecule has 1 amide bonds. The zero-order valence-electron chi connectivity index (χ0n) is 12.0. The van der Waals surface area contributed by atoms with Gasteiger partial charge in [0.2, 0.25) is 5.91 Å². The molecule has 0 spiro atoms. The van der Waals surface area contributed by atoms with Crippen molar-refractivity contribution in [2.24, 2.45) is 0 Å². The van der Waals surface area contributed by atoms with Crippen LogP contribution in [0.15, 0.2) is 34.1 Å². The molecule has 0 bridgehead atoms. The van der Waals surface area contributed by atoms with Gasteiger partial charge in [0.25, 0.3) is 0 Å². The van der Waals surface area contributed by atoms with Crippen molar-refractivity contribution in [1.29, 1.82) is 0 Å². The Hall–Kier alpha value is -1.04. The molecule has 118 valence electrons. The molecule has 22 heavy (non-hydrogen) atoms. The molecule has 6 heteroatoms. The first kappa shape index (κ1) is 17.3. The lowest BCUT2D eigenvalue weighted by atomic mass is 9.87. The first-order chi connectivity index (χ1) is 10.1. The molecule has 1 heterocycles. The number of hydrogen-bond acceptors (Lipinski definition) is 3. The Morgan fingerprint density at radius 1 is 1.36 bits per heavy atom. The van der Waals surface area contributed by atoms with Crippen LogP contribution in [0.4, 0.5) is 5.69 Å². The minimum atomic E-state index is 0. The van der Waals surface area contributed by atoms with Gasteiger partial charge >= 0.3 is 0 Å². The molecule has 3 N–H and O–H groups in total. The predicted octanol–water partition coefficient (Wildman–Crippen LogP) is 4.25. The molecule has 1 aliphatic rings. The number of fused-ring (bicyclic) bond motifs is 1. The van der Waals surface area contributed by atoms with E-state index in [1.807, 2.05) is 24.3 Å². The number of carbonyl (C=O) groups excluding carboxylic acids is 1. The highest BCUT2D eigenvalue weighted by molar-refractivity contribution is 9.11. The zero-order valence-corrected chi connectivity index (χ0v) is 15.2. The minimum Gasteiger partial charge on any atom is -0.399 e. The first-order valence-electron chi connectivity index (χ1n) is 7.04. The number of anilines is 1. The monoisotopic (exact) mass is 400 g/mol. The lowest BCUT2D eigenvalue weighted by molar-refractivity contribution is -0.121. The van der Waals surface area contributed by atoms with Crippen LogP contribution in [0, 0.1) is 0 Å². The van der Waals surface area contributed by atoms with Crippen LogP contribution in [0.3, 0.4) is 0 Å². The smallest absolute Gasteiger partial charge is 0.225 e. The van der Waals surface area contributed by atoms with E-state index in [1.54, 1.807) is 11.3 Å². The summed E-state index contributed by atoms with van der Waals surface area (Å²) >= 11 is 5.03. The summed E-state index contributed by atoms with van der Waals surface area (Å²) in [5.41, 5.74) is 9.13. The lowest BCUT2D eigenvalue weighted by Crippen LogP contribution is -2.31. The average Bonchev–Trinajstić information content (AvgIpc) is 2.83. The van der Waals surface area contributed by atoms with Gasteiger partial charge in [0.05, 0.1) is 16.2 Å². The number of amides is 1. The topological polar surface area (TPSA) is 55.1 Å². The fraction of sp³-hybridized carbons (Fsp3) is 0.312. The van der Waals surface area contributed by atoms with E-state index in [2.05, 4.69) is 27.3 Å². The quantitative estimate of drug-likeness (QED) is 0.755. The summed E-state index contributed by atoms with van der Waals surface area (Å²) < 4.78 is 1.06. The van der Waals surface area contributed by atoms with Crippen LogP contribution < -0.4 is 11.1 Å². The number of halogens is 2. The van der Waals surface area contributed by atoms with Crippen LogP contribution in [0.1, 0.15) is 34.9 Å². The van der Waals surface area contributed by atoms with Crippen LogP contribution in [0.2, 0.25) is 0 Å². The summed E-state index contributed by atoms with van der Waals surface area (Å²) in [5.74, 6) is 0.0824. The van der Waals surface area contributed by atoms with E-state index in [-0.39, 0.29) is 24.4 Å². The summed E-state index contributed by atoms with van der Waals surface area (Å²) in [6, 6.07) is 10.1. The Balaban J connectivity index is 0.00000176. The van der Waals surface area contributed by atoms with Gasteiger partial charge < -0.3 is 11.1 Å². The molecule has 0 saturated carbocycles. The van der Waals surface area contributed by atoms with Crippen LogP contribution in [0.25, 0.3) is 0 Å². The second-order valence-electron chi connectivity index (χ2n) is 5.35. The van der Waals surface area contributed by atoms with E-state index in [0.717, 1.165) is 33.6 Å². The number of carbonyl (C=O) groups is 1. The van der Waals surface area contributed by atoms with Gasteiger partial charge in [-0.15, -0.1) is 23.7 Å². The molecule has 1 aromatic carbocycles. The normalized spacial score (nSPS) is 16.5. The molecule has 1 unspecified atom stereocenters. The van der Waals surface area contributed by atoms with Crippen molar-refractivity contribution < 1.29 is 4.79 Å². The highest BCUT2D eigenvalue weighted by Crippen LogP contribution is 2.31. The van der Waals surface area contributed by atoms with E-state index in [1.165, 1.54) is 11.1 Å². The van der Waals surface area contributed by atoms with Crippen LogP contribution >= 0.6 is 39.7 Å². The molecule has 1 aliphatic carbocycles. The summed E-state index contributed by atoms with van der Waals surface area (Å²) in [6.07, 6.45) is 3.57. The van der Waals surface area contributed by atoms with Gasteiger partial charge in [-0.2, -0.15) is 0 Å². The fourth-order valence-electron chi connectivity index (χ4n) is 2.83. The van der Waals surface area contributed by atoms with Crippen molar-refractivity contribution in [2.75, 3.05) is 5.73 Å². The molecule has 2 aromatic rings. The summed E-state index contributed by atoms with van der Waals surface area (Å²) in [6.45, 7) is 0. The highest BCUT2D eigenvalue weighted by Gasteiger charge is 2.22. The number of nitrogens with one attached hydrogen (secondary N) is 1. The molecule has 3 rings (SSSR count). The molecule has 0 aliphatic heterocycles.